The molecule has 8 heteroatoms. The Morgan fingerprint density at radius 1 is 1.20 bits per heavy atom. The van der Waals surface area contributed by atoms with Crippen molar-refractivity contribution in [3.05, 3.63) is 76.3 Å². The summed E-state index contributed by atoms with van der Waals surface area (Å²) in [5.41, 5.74) is 6.54. The molecule has 0 fully saturated rings. The molecule has 0 radical (unpaired) electrons. The zero-order valence-corrected chi connectivity index (χ0v) is 13.7. The lowest BCUT2D eigenvalue weighted by atomic mass is 10.1. The van der Waals surface area contributed by atoms with E-state index >= 15 is 0 Å². The second-order valence-corrected chi connectivity index (χ2v) is 5.46. The van der Waals surface area contributed by atoms with Crippen LogP contribution in [0.25, 0.3) is 11.3 Å². The Hall–Kier alpha value is -3.39. The summed E-state index contributed by atoms with van der Waals surface area (Å²) in [6.07, 6.45) is 4.23. The number of carbonyl (C=O) groups excluding carboxylic acids is 1. The molecule has 1 aromatic carbocycles. The van der Waals surface area contributed by atoms with Crippen LogP contribution in [0.3, 0.4) is 0 Å². The molecular formula is C17H13N5O2S. The average molecular weight is 351 g/mol. The van der Waals surface area contributed by atoms with Gasteiger partial charge in [0.1, 0.15) is 0 Å². The molecule has 0 saturated heterocycles. The molecule has 7 nitrogen and oxygen atoms in total. The Balaban J connectivity index is 2.17. The number of hydrogen-bond donors (Lipinski definition) is 2. The van der Waals surface area contributed by atoms with Crippen LogP contribution in [-0.2, 0) is 0 Å². The quantitative estimate of drug-likeness (QED) is 0.550. The number of H-pyrrole nitrogens is 1. The number of nitrogens with two attached hydrogens (primary N) is 1. The molecule has 3 rings (SSSR count). The Labute approximate surface area is 147 Å². The lowest BCUT2D eigenvalue weighted by Crippen LogP contribution is -2.26. The van der Waals surface area contributed by atoms with Crippen LogP contribution in [0.5, 0.6) is 0 Å². The molecule has 2 heterocycles. The summed E-state index contributed by atoms with van der Waals surface area (Å²) in [6, 6.07) is 12.2. The average Bonchev–Trinajstić information content (AvgIpc) is 2.97. The Kier molecular flexibility index (Phi) is 4.62. The Morgan fingerprint density at radius 3 is 2.52 bits per heavy atom. The highest BCUT2D eigenvalue weighted by Crippen LogP contribution is 2.18. The predicted molar refractivity (Wildman–Crippen MR) is 98.8 cm³/mol. The maximum Gasteiger partial charge on any atom is 0.283 e. The maximum absolute atomic E-state index is 12.7. The summed E-state index contributed by atoms with van der Waals surface area (Å²) in [6.45, 7) is 0. The van der Waals surface area contributed by atoms with Crippen LogP contribution in [0.1, 0.15) is 15.9 Å². The first-order valence-electron chi connectivity index (χ1n) is 7.26. The molecular weight excluding hydrogens is 338 g/mol. The fraction of sp³-hybridized carbons (Fsp3) is 0. The summed E-state index contributed by atoms with van der Waals surface area (Å²) in [5, 5.41) is 2.74. The van der Waals surface area contributed by atoms with E-state index in [0.717, 1.165) is 10.2 Å². The molecule has 0 aliphatic carbocycles. The smallest absolute Gasteiger partial charge is 0.283 e. The maximum atomic E-state index is 12.7. The minimum Gasteiger partial charge on any atom is -0.374 e. The Bertz CT molecular complexity index is 1010. The summed E-state index contributed by atoms with van der Waals surface area (Å²) in [5.74, 6) is -0.500. The highest BCUT2D eigenvalue weighted by molar-refractivity contribution is 7.80. The number of rotatable bonds is 3. The van der Waals surface area contributed by atoms with Crippen LogP contribution in [0.4, 0.5) is 0 Å². The Morgan fingerprint density at radius 2 is 1.88 bits per heavy atom. The summed E-state index contributed by atoms with van der Waals surface area (Å²) in [4.78, 5) is 33.0. The van der Waals surface area contributed by atoms with Gasteiger partial charge in [0, 0.05) is 29.7 Å². The third-order valence-corrected chi connectivity index (χ3v) is 3.55. The van der Waals surface area contributed by atoms with Crippen molar-refractivity contribution in [2.24, 2.45) is 10.7 Å². The first-order valence-corrected chi connectivity index (χ1v) is 7.67. The van der Waals surface area contributed by atoms with Crippen LogP contribution >= 0.6 is 12.2 Å². The van der Waals surface area contributed by atoms with E-state index in [1.165, 1.54) is 30.7 Å². The first kappa shape index (κ1) is 16.5. The number of hydrogen-bond acceptors (Lipinski definition) is 4. The zero-order chi connectivity index (χ0) is 17.8. The van der Waals surface area contributed by atoms with Crippen molar-refractivity contribution < 1.29 is 4.79 Å². The number of aromatic amines is 1. The van der Waals surface area contributed by atoms with Crippen molar-refractivity contribution in [2.45, 2.75) is 0 Å². The minimum atomic E-state index is -0.541. The number of nitrogens with one attached hydrogen (secondary N) is 1. The van der Waals surface area contributed by atoms with Crippen LogP contribution in [0.2, 0.25) is 0 Å². The number of aromatic nitrogens is 3. The standard InChI is InChI=1S/C17H13N5O2S/c18-17(25)20-10-13-14(11-4-2-1-3-5-11)21-22(16(13)24)15(23)12-6-8-19-9-7-12/h1-10,21H,(H2,18,25). The highest BCUT2D eigenvalue weighted by atomic mass is 32.1. The lowest BCUT2D eigenvalue weighted by Gasteiger charge is -2.01. The molecule has 0 saturated carbocycles. The van der Waals surface area contributed by atoms with Gasteiger partial charge in [-0.25, -0.2) is 4.99 Å². The molecule has 0 aliphatic heterocycles. The number of aliphatic imine (C=N–C) groups is 1. The molecule has 0 bridgehead atoms. The third kappa shape index (κ3) is 3.43. The number of pyridine rings is 1. The van der Waals surface area contributed by atoms with E-state index in [4.69, 9.17) is 18.0 Å². The SMILES string of the molecule is NC(=S)N=Cc1c(-c2ccccc2)[nH]n(C(=O)c2ccncc2)c1=O. The van der Waals surface area contributed by atoms with Gasteiger partial charge in [0.05, 0.1) is 11.3 Å². The molecule has 0 amide bonds. The van der Waals surface area contributed by atoms with Crippen LogP contribution < -0.4 is 11.3 Å². The molecule has 0 unspecified atom stereocenters. The molecule has 3 aromatic rings. The van der Waals surface area contributed by atoms with E-state index in [0.29, 0.717) is 11.3 Å². The van der Waals surface area contributed by atoms with E-state index in [1.54, 1.807) is 0 Å². The number of thiocarbonyl (C=S) groups is 1. The van der Waals surface area contributed by atoms with Crippen molar-refractivity contribution in [1.29, 1.82) is 0 Å². The van der Waals surface area contributed by atoms with Gasteiger partial charge >= 0.3 is 0 Å². The van der Waals surface area contributed by atoms with Gasteiger partial charge in [-0.3, -0.25) is 19.7 Å². The van der Waals surface area contributed by atoms with Gasteiger partial charge in [-0.05, 0) is 24.4 Å². The number of carbonyl (C=O) groups is 1. The van der Waals surface area contributed by atoms with E-state index < -0.39 is 11.5 Å². The van der Waals surface area contributed by atoms with Crippen molar-refractivity contribution in [2.75, 3.05) is 0 Å². The largest absolute Gasteiger partial charge is 0.374 e. The normalized spacial score (nSPS) is 10.9. The van der Waals surface area contributed by atoms with E-state index in [9.17, 15) is 9.59 Å². The highest BCUT2D eigenvalue weighted by Gasteiger charge is 2.19. The van der Waals surface area contributed by atoms with Gasteiger partial charge in [0.2, 0.25) is 0 Å². The van der Waals surface area contributed by atoms with Crippen LogP contribution in [-0.4, -0.2) is 32.0 Å². The second-order valence-electron chi connectivity index (χ2n) is 5.04. The van der Waals surface area contributed by atoms with Gasteiger partial charge in [-0.2, -0.15) is 4.68 Å². The molecule has 0 atom stereocenters. The molecule has 3 N–H and O–H groups in total. The third-order valence-electron chi connectivity index (χ3n) is 3.44. The fourth-order valence-electron chi connectivity index (χ4n) is 2.29. The zero-order valence-electron chi connectivity index (χ0n) is 12.9. The van der Waals surface area contributed by atoms with Gasteiger partial charge < -0.3 is 5.73 Å². The monoisotopic (exact) mass is 351 g/mol. The van der Waals surface area contributed by atoms with E-state index in [-0.39, 0.29) is 10.7 Å². The van der Waals surface area contributed by atoms with Crippen LogP contribution in [0, 0.1) is 0 Å². The molecule has 124 valence electrons. The van der Waals surface area contributed by atoms with Gasteiger partial charge in [-0.1, -0.05) is 30.3 Å². The van der Waals surface area contributed by atoms with Gasteiger partial charge in [0.25, 0.3) is 11.5 Å². The molecule has 0 aliphatic rings. The topological polar surface area (TPSA) is 106 Å². The number of nitrogens with zero attached hydrogens (tertiary/aromatic N) is 3. The summed E-state index contributed by atoms with van der Waals surface area (Å²) < 4.78 is 0.929. The molecule has 2 aromatic heterocycles. The second kappa shape index (κ2) is 7.02. The van der Waals surface area contributed by atoms with Gasteiger partial charge in [0.15, 0.2) is 5.11 Å². The van der Waals surface area contributed by atoms with Gasteiger partial charge in [-0.15, -0.1) is 0 Å². The van der Waals surface area contributed by atoms with E-state index in [2.05, 4.69) is 15.1 Å². The predicted octanol–water partition coefficient (Wildman–Crippen LogP) is 1.59. The van der Waals surface area contributed by atoms with E-state index in [1.807, 2.05) is 30.3 Å². The van der Waals surface area contributed by atoms with Crippen molar-refractivity contribution >= 4 is 29.5 Å². The fourth-order valence-corrected chi connectivity index (χ4v) is 2.34. The first-order chi connectivity index (χ1) is 12.1. The van der Waals surface area contributed by atoms with Crippen LogP contribution in [0.15, 0.2) is 64.6 Å². The summed E-state index contributed by atoms with van der Waals surface area (Å²) >= 11 is 4.72. The van der Waals surface area contributed by atoms with Crippen molar-refractivity contribution in [1.82, 2.24) is 14.8 Å². The minimum absolute atomic E-state index is 0.105. The van der Waals surface area contributed by atoms with Crippen molar-refractivity contribution in [3.8, 4) is 11.3 Å². The summed E-state index contributed by atoms with van der Waals surface area (Å²) in [7, 11) is 0. The number of benzene rings is 1. The van der Waals surface area contributed by atoms with Crippen molar-refractivity contribution in [3.63, 3.8) is 0 Å². The lowest BCUT2D eigenvalue weighted by molar-refractivity contribution is 0.0941. The molecule has 0 spiro atoms. The molecule has 25 heavy (non-hydrogen) atoms.